The van der Waals surface area contributed by atoms with Crippen LogP contribution in [0.2, 0.25) is 0 Å². The molecule has 0 aromatic carbocycles. The van der Waals surface area contributed by atoms with Crippen molar-refractivity contribution < 1.29 is 4.79 Å². The molecule has 3 rings (SSSR count). The first kappa shape index (κ1) is 17.8. The van der Waals surface area contributed by atoms with Crippen molar-refractivity contribution >= 4 is 29.7 Å². The summed E-state index contributed by atoms with van der Waals surface area (Å²) in [4.78, 5) is 16.4. The van der Waals surface area contributed by atoms with Crippen molar-refractivity contribution in [2.45, 2.75) is 64.0 Å². The molecule has 1 aromatic heterocycles. The Morgan fingerprint density at radius 3 is 2.91 bits per heavy atom. The molecule has 2 N–H and O–H groups in total. The van der Waals surface area contributed by atoms with Crippen LogP contribution in [0.15, 0.2) is 11.4 Å². The van der Waals surface area contributed by atoms with E-state index < -0.39 is 0 Å². The maximum absolute atomic E-state index is 12.8. The molecule has 0 radical (unpaired) electrons. The van der Waals surface area contributed by atoms with Gasteiger partial charge >= 0.3 is 0 Å². The van der Waals surface area contributed by atoms with E-state index in [1.54, 1.807) is 0 Å². The lowest BCUT2D eigenvalue weighted by Gasteiger charge is -2.37. The first-order valence-electron chi connectivity index (χ1n) is 8.32. The van der Waals surface area contributed by atoms with Crippen LogP contribution in [-0.4, -0.2) is 23.4 Å². The van der Waals surface area contributed by atoms with Crippen LogP contribution < -0.4 is 5.73 Å². The summed E-state index contributed by atoms with van der Waals surface area (Å²) in [5.74, 6) is 0.716. The highest BCUT2D eigenvalue weighted by Gasteiger charge is 2.32. The van der Waals surface area contributed by atoms with Crippen molar-refractivity contribution in [3.8, 4) is 0 Å². The third kappa shape index (κ3) is 3.50. The zero-order valence-electron chi connectivity index (χ0n) is 13.3. The van der Waals surface area contributed by atoms with E-state index in [1.807, 2.05) is 11.3 Å². The summed E-state index contributed by atoms with van der Waals surface area (Å²) in [6, 6.07) is 2.72. The number of rotatable bonds is 3. The SMILES string of the molecule is CCC1c2ccsc2CCN1C(=O)CC1CCCCC1N.Cl. The highest BCUT2D eigenvalue weighted by Crippen LogP contribution is 2.36. The van der Waals surface area contributed by atoms with E-state index in [-0.39, 0.29) is 24.5 Å². The molecule has 3 nitrogen and oxygen atoms in total. The maximum atomic E-state index is 12.8. The minimum absolute atomic E-state index is 0. The molecule has 0 bridgehead atoms. The molecule has 1 fully saturated rings. The van der Waals surface area contributed by atoms with Crippen molar-refractivity contribution in [2.24, 2.45) is 11.7 Å². The highest BCUT2D eigenvalue weighted by atomic mass is 35.5. The molecule has 3 unspecified atom stereocenters. The summed E-state index contributed by atoms with van der Waals surface area (Å²) in [5.41, 5.74) is 7.60. The minimum atomic E-state index is 0. The molecule has 1 amide bonds. The van der Waals surface area contributed by atoms with Gasteiger partial charge in [0, 0.05) is 23.9 Å². The van der Waals surface area contributed by atoms with Gasteiger partial charge in [-0.05, 0) is 48.6 Å². The van der Waals surface area contributed by atoms with Crippen LogP contribution in [0.4, 0.5) is 0 Å². The van der Waals surface area contributed by atoms with Gasteiger partial charge in [0.05, 0.1) is 6.04 Å². The van der Waals surface area contributed by atoms with Crippen molar-refractivity contribution in [3.05, 3.63) is 21.9 Å². The zero-order valence-corrected chi connectivity index (χ0v) is 14.9. The molecule has 124 valence electrons. The van der Waals surface area contributed by atoms with Gasteiger partial charge in [-0.1, -0.05) is 19.8 Å². The monoisotopic (exact) mass is 342 g/mol. The first-order chi connectivity index (χ1) is 10.2. The van der Waals surface area contributed by atoms with E-state index in [4.69, 9.17) is 5.73 Å². The number of hydrogen-bond acceptors (Lipinski definition) is 3. The molecule has 2 aliphatic rings. The fraction of sp³-hybridized carbons (Fsp3) is 0.706. The molecule has 2 heterocycles. The van der Waals surface area contributed by atoms with E-state index in [1.165, 1.54) is 23.3 Å². The van der Waals surface area contributed by atoms with Crippen molar-refractivity contribution in [1.29, 1.82) is 0 Å². The Morgan fingerprint density at radius 1 is 1.41 bits per heavy atom. The van der Waals surface area contributed by atoms with Gasteiger partial charge in [0.1, 0.15) is 0 Å². The van der Waals surface area contributed by atoms with E-state index >= 15 is 0 Å². The topological polar surface area (TPSA) is 46.3 Å². The highest BCUT2D eigenvalue weighted by molar-refractivity contribution is 7.10. The molecule has 5 heteroatoms. The van der Waals surface area contributed by atoms with Crippen LogP contribution in [0.1, 0.15) is 61.9 Å². The number of fused-ring (bicyclic) bond motifs is 1. The molecule has 1 aliphatic carbocycles. The van der Waals surface area contributed by atoms with Crippen molar-refractivity contribution in [3.63, 3.8) is 0 Å². The van der Waals surface area contributed by atoms with Gasteiger partial charge < -0.3 is 10.6 Å². The van der Waals surface area contributed by atoms with Gasteiger partial charge in [-0.2, -0.15) is 0 Å². The summed E-state index contributed by atoms with van der Waals surface area (Å²) < 4.78 is 0. The van der Waals surface area contributed by atoms with Crippen LogP contribution in [-0.2, 0) is 11.2 Å². The Hall–Kier alpha value is -0.580. The van der Waals surface area contributed by atoms with E-state index in [0.717, 1.165) is 32.2 Å². The van der Waals surface area contributed by atoms with Crippen LogP contribution in [0.5, 0.6) is 0 Å². The second-order valence-electron chi connectivity index (χ2n) is 6.47. The number of hydrogen-bond donors (Lipinski definition) is 1. The average molecular weight is 343 g/mol. The van der Waals surface area contributed by atoms with Crippen LogP contribution in [0.25, 0.3) is 0 Å². The number of thiophene rings is 1. The lowest BCUT2D eigenvalue weighted by atomic mass is 9.82. The number of halogens is 1. The standard InChI is InChI=1S/C17H26N2OS.ClH/c1-2-15-13-8-10-21-16(13)7-9-19(15)17(20)11-12-5-3-4-6-14(12)18;/h8,10,12,14-15H,2-7,9,11,18H2,1H3;1H. The maximum Gasteiger partial charge on any atom is 0.223 e. The molecule has 0 saturated heterocycles. The first-order valence-corrected chi connectivity index (χ1v) is 9.20. The molecule has 1 aliphatic heterocycles. The lowest BCUT2D eigenvalue weighted by Crippen LogP contribution is -2.42. The van der Waals surface area contributed by atoms with Gasteiger partial charge in [0.25, 0.3) is 0 Å². The number of nitrogens with zero attached hydrogens (tertiary/aromatic N) is 1. The van der Waals surface area contributed by atoms with Gasteiger partial charge in [0.15, 0.2) is 0 Å². The molecular formula is C17H27ClN2OS. The van der Waals surface area contributed by atoms with Crippen molar-refractivity contribution in [2.75, 3.05) is 6.54 Å². The van der Waals surface area contributed by atoms with E-state index in [2.05, 4.69) is 23.3 Å². The zero-order chi connectivity index (χ0) is 14.8. The van der Waals surface area contributed by atoms with E-state index in [9.17, 15) is 4.79 Å². The summed E-state index contributed by atoms with van der Waals surface area (Å²) in [6.07, 6.45) is 7.35. The minimum Gasteiger partial charge on any atom is -0.335 e. The largest absolute Gasteiger partial charge is 0.335 e. The Morgan fingerprint density at radius 2 is 2.18 bits per heavy atom. The van der Waals surface area contributed by atoms with E-state index in [0.29, 0.717) is 18.2 Å². The molecule has 1 aromatic rings. The number of carbonyl (C=O) groups excluding carboxylic acids is 1. The van der Waals surface area contributed by atoms with Crippen LogP contribution in [0, 0.1) is 5.92 Å². The van der Waals surface area contributed by atoms with Crippen LogP contribution >= 0.6 is 23.7 Å². The average Bonchev–Trinajstić information content (AvgIpc) is 2.97. The predicted molar refractivity (Wildman–Crippen MR) is 94.6 cm³/mol. The molecule has 1 saturated carbocycles. The Kier molecular flexibility index (Phi) is 6.30. The molecular weight excluding hydrogens is 316 g/mol. The van der Waals surface area contributed by atoms with Crippen molar-refractivity contribution in [1.82, 2.24) is 4.90 Å². The fourth-order valence-electron chi connectivity index (χ4n) is 3.97. The molecule has 22 heavy (non-hydrogen) atoms. The smallest absolute Gasteiger partial charge is 0.223 e. The summed E-state index contributed by atoms with van der Waals surface area (Å²) in [5, 5.41) is 2.17. The summed E-state index contributed by atoms with van der Waals surface area (Å²) in [6.45, 7) is 3.07. The van der Waals surface area contributed by atoms with Gasteiger partial charge in [-0.3, -0.25) is 4.79 Å². The predicted octanol–water partition coefficient (Wildman–Crippen LogP) is 3.91. The third-order valence-corrected chi connectivity index (χ3v) is 6.20. The number of carbonyl (C=O) groups is 1. The Bertz CT molecular complexity index is 505. The van der Waals surface area contributed by atoms with Gasteiger partial charge in [0.2, 0.25) is 5.91 Å². The van der Waals surface area contributed by atoms with Gasteiger partial charge in [-0.15, -0.1) is 23.7 Å². The van der Waals surface area contributed by atoms with Crippen LogP contribution in [0.3, 0.4) is 0 Å². The Labute approximate surface area is 143 Å². The summed E-state index contributed by atoms with van der Waals surface area (Å²) >= 11 is 1.84. The second-order valence-corrected chi connectivity index (χ2v) is 7.47. The lowest BCUT2D eigenvalue weighted by molar-refractivity contribution is -0.135. The molecule has 3 atom stereocenters. The Balaban J connectivity index is 0.00000176. The normalized spacial score (nSPS) is 27.9. The number of nitrogens with two attached hydrogens (primary N) is 1. The van der Waals surface area contributed by atoms with Gasteiger partial charge in [-0.25, -0.2) is 0 Å². The number of amides is 1. The quantitative estimate of drug-likeness (QED) is 0.905. The third-order valence-electron chi connectivity index (χ3n) is 5.21. The second kappa shape index (κ2) is 7.80. The fourth-order valence-corrected chi connectivity index (χ4v) is 4.89. The molecule has 0 spiro atoms. The summed E-state index contributed by atoms with van der Waals surface area (Å²) in [7, 11) is 0.